The SMILES string of the molecule is COc1ccc(CO[C@@H]([C@@H](C)C#C[Si](C)(C)C)[C@@H](C)C[C@@H](C)CCO)cc1. The van der Waals surface area contributed by atoms with E-state index in [1.54, 1.807) is 7.11 Å². The summed E-state index contributed by atoms with van der Waals surface area (Å²) >= 11 is 0. The molecule has 1 N–H and O–H groups in total. The van der Waals surface area contributed by atoms with Crippen LogP contribution in [-0.2, 0) is 11.3 Å². The molecule has 0 spiro atoms. The summed E-state index contributed by atoms with van der Waals surface area (Å²) in [6.45, 7) is 14.3. The second-order valence-electron chi connectivity index (χ2n) is 8.76. The number of aliphatic hydroxyl groups excluding tert-OH is 1. The van der Waals surface area contributed by atoms with Gasteiger partial charge in [-0.05, 0) is 49.3 Å². The van der Waals surface area contributed by atoms with Crippen molar-refractivity contribution in [3.8, 4) is 17.2 Å². The summed E-state index contributed by atoms with van der Waals surface area (Å²) in [7, 11) is 0.270. The number of rotatable bonds is 10. The van der Waals surface area contributed by atoms with Gasteiger partial charge in [-0.1, -0.05) is 45.6 Å². The van der Waals surface area contributed by atoms with Crippen LogP contribution in [0.5, 0.6) is 5.75 Å². The van der Waals surface area contributed by atoms with E-state index in [1.165, 1.54) is 0 Å². The Morgan fingerprint density at radius 3 is 2.22 bits per heavy atom. The Morgan fingerprint density at radius 1 is 1.07 bits per heavy atom. The molecule has 0 aliphatic carbocycles. The summed E-state index contributed by atoms with van der Waals surface area (Å²) in [6, 6.07) is 8.03. The lowest BCUT2D eigenvalue weighted by Gasteiger charge is -2.29. The molecule has 27 heavy (non-hydrogen) atoms. The number of methoxy groups -OCH3 is 1. The second-order valence-corrected chi connectivity index (χ2v) is 13.5. The highest BCUT2D eigenvalue weighted by Crippen LogP contribution is 2.26. The first-order valence-electron chi connectivity index (χ1n) is 10.0. The molecule has 0 saturated heterocycles. The van der Waals surface area contributed by atoms with Crippen LogP contribution in [0.4, 0.5) is 0 Å². The number of ether oxygens (including phenoxy) is 2. The smallest absolute Gasteiger partial charge is 0.129 e. The fourth-order valence-electron chi connectivity index (χ4n) is 3.24. The summed E-state index contributed by atoms with van der Waals surface area (Å²) in [4.78, 5) is 0. The molecule has 0 fully saturated rings. The van der Waals surface area contributed by atoms with E-state index >= 15 is 0 Å². The Kier molecular flexibility index (Phi) is 10.1. The lowest BCUT2D eigenvalue weighted by atomic mass is 9.86. The largest absolute Gasteiger partial charge is 0.497 e. The third-order valence-corrected chi connectivity index (χ3v) is 5.62. The minimum Gasteiger partial charge on any atom is -0.497 e. The van der Waals surface area contributed by atoms with Crippen molar-refractivity contribution in [1.29, 1.82) is 0 Å². The van der Waals surface area contributed by atoms with Gasteiger partial charge in [0.1, 0.15) is 13.8 Å². The maximum absolute atomic E-state index is 9.21. The molecule has 4 atom stereocenters. The molecule has 0 aromatic heterocycles. The molecule has 1 rings (SSSR count). The lowest BCUT2D eigenvalue weighted by Crippen LogP contribution is -2.30. The first-order chi connectivity index (χ1) is 12.7. The molecular weight excluding hydrogens is 352 g/mol. The Hall–Kier alpha value is -1.28. The van der Waals surface area contributed by atoms with Crippen LogP contribution in [0.15, 0.2) is 24.3 Å². The van der Waals surface area contributed by atoms with Crippen molar-refractivity contribution in [2.24, 2.45) is 17.8 Å². The van der Waals surface area contributed by atoms with Gasteiger partial charge in [-0.15, -0.1) is 11.5 Å². The van der Waals surface area contributed by atoms with Crippen LogP contribution < -0.4 is 4.74 Å². The Bertz CT molecular complexity index is 595. The van der Waals surface area contributed by atoms with E-state index in [1.807, 2.05) is 24.3 Å². The van der Waals surface area contributed by atoms with Crippen molar-refractivity contribution in [2.45, 2.75) is 66.0 Å². The van der Waals surface area contributed by atoms with E-state index in [9.17, 15) is 5.11 Å². The first kappa shape index (κ1) is 23.8. The topological polar surface area (TPSA) is 38.7 Å². The predicted octanol–water partition coefficient (Wildman–Crippen LogP) is 5.14. The molecule has 3 nitrogen and oxygen atoms in total. The highest BCUT2D eigenvalue weighted by Gasteiger charge is 2.25. The molecule has 0 amide bonds. The van der Waals surface area contributed by atoms with Crippen molar-refractivity contribution in [2.75, 3.05) is 13.7 Å². The normalized spacial score (nSPS) is 16.0. The molecule has 1 aromatic rings. The van der Waals surface area contributed by atoms with Gasteiger partial charge in [-0.25, -0.2) is 0 Å². The van der Waals surface area contributed by atoms with E-state index in [0.29, 0.717) is 18.4 Å². The number of benzene rings is 1. The molecule has 4 heteroatoms. The highest BCUT2D eigenvalue weighted by molar-refractivity contribution is 6.83. The summed E-state index contributed by atoms with van der Waals surface area (Å²) in [5.41, 5.74) is 4.64. The molecule has 0 heterocycles. The minimum absolute atomic E-state index is 0.0806. The molecule has 0 unspecified atom stereocenters. The van der Waals surface area contributed by atoms with Gasteiger partial charge >= 0.3 is 0 Å². The van der Waals surface area contributed by atoms with Crippen molar-refractivity contribution in [3.63, 3.8) is 0 Å². The van der Waals surface area contributed by atoms with Gasteiger partial charge in [0.25, 0.3) is 0 Å². The van der Waals surface area contributed by atoms with E-state index < -0.39 is 8.07 Å². The van der Waals surface area contributed by atoms with Crippen LogP contribution >= 0.6 is 0 Å². The van der Waals surface area contributed by atoms with Gasteiger partial charge in [0.05, 0.1) is 19.8 Å². The third kappa shape index (κ3) is 9.46. The van der Waals surface area contributed by atoms with Crippen LogP contribution in [0.2, 0.25) is 19.6 Å². The zero-order valence-electron chi connectivity index (χ0n) is 18.2. The molecule has 0 bridgehead atoms. The summed E-state index contributed by atoms with van der Waals surface area (Å²) in [5, 5.41) is 9.21. The van der Waals surface area contributed by atoms with E-state index in [2.05, 4.69) is 51.9 Å². The zero-order chi connectivity index (χ0) is 20.4. The van der Waals surface area contributed by atoms with Gasteiger partial charge < -0.3 is 14.6 Å². The van der Waals surface area contributed by atoms with Gasteiger partial charge in [-0.2, -0.15) is 0 Å². The number of hydrogen-bond acceptors (Lipinski definition) is 3. The van der Waals surface area contributed by atoms with E-state index in [0.717, 1.165) is 24.2 Å². The molecule has 0 radical (unpaired) electrons. The predicted molar refractivity (Wildman–Crippen MR) is 117 cm³/mol. The zero-order valence-corrected chi connectivity index (χ0v) is 19.2. The molecule has 152 valence electrons. The van der Waals surface area contributed by atoms with E-state index in [4.69, 9.17) is 9.47 Å². The molecule has 1 aromatic carbocycles. The summed E-state index contributed by atoms with van der Waals surface area (Å²) in [5.74, 6) is 5.39. The standard InChI is InChI=1S/C23H38O3Si/c1-18(12-14-24)16-20(3)23(19(2)13-15-27(5,6)7)26-17-21-8-10-22(25-4)11-9-21/h8-11,18-20,23-24H,12,14,16-17H2,1-7H3/t18-,19-,20-,23-/m0/s1. The first-order valence-corrected chi connectivity index (χ1v) is 13.5. The summed E-state index contributed by atoms with van der Waals surface area (Å²) < 4.78 is 11.6. The number of hydrogen-bond donors (Lipinski definition) is 1. The van der Waals surface area contributed by atoms with Crippen molar-refractivity contribution < 1.29 is 14.6 Å². The number of aliphatic hydroxyl groups is 1. The van der Waals surface area contributed by atoms with Crippen LogP contribution in [0.1, 0.15) is 39.2 Å². The quantitative estimate of drug-likeness (QED) is 0.444. The summed E-state index contributed by atoms with van der Waals surface area (Å²) in [6.07, 6.45) is 1.95. The highest BCUT2D eigenvalue weighted by atomic mass is 28.3. The Balaban J connectivity index is 2.85. The third-order valence-electron chi connectivity index (χ3n) is 4.73. The Morgan fingerprint density at radius 2 is 1.70 bits per heavy atom. The van der Waals surface area contributed by atoms with E-state index in [-0.39, 0.29) is 18.6 Å². The lowest BCUT2D eigenvalue weighted by molar-refractivity contribution is -0.0206. The van der Waals surface area contributed by atoms with Gasteiger partial charge in [-0.3, -0.25) is 0 Å². The molecule has 0 aliphatic heterocycles. The van der Waals surface area contributed by atoms with Crippen LogP contribution in [0.25, 0.3) is 0 Å². The van der Waals surface area contributed by atoms with Crippen molar-refractivity contribution in [3.05, 3.63) is 29.8 Å². The molecule has 0 aliphatic rings. The average Bonchev–Trinajstić information content (AvgIpc) is 2.60. The van der Waals surface area contributed by atoms with Gasteiger partial charge in [0, 0.05) is 12.5 Å². The van der Waals surface area contributed by atoms with Crippen molar-refractivity contribution >= 4 is 8.07 Å². The fourth-order valence-corrected chi connectivity index (χ4v) is 3.90. The van der Waals surface area contributed by atoms with Crippen molar-refractivity contribution in [1.82, 2.24) is 0 Å². The fraction of sp³-hybridized carbons (Fsp3) is 0.652. The molecule has 0 saturated carbocycles. The van der Waals surface area contributed by atoms with Crippen LogP contribution in [0.3, 0.4) is 0 Å². The minimum atomic E-state index is -1.41. The monoisotopic (exact) mass is 390 g/mol. The maximum atomic E-state index is 9.21. The van der Waals surface area contributed by atoms with Gasteiger partial charge in [0.15, 0.2) is 0 Å². The van der Waals surface area contributed by atoms with Crippen LogP contribution in [0, 0.1) is 29.2 Å². The second kappa shape index (κ2) is 11.5. The van der Waals surface area contributed by atoms with Gasteiger partial charge in [0.2, 0.25) is 0 Å². The molecular formula is C23H38O3Si. The van der Waals surface area contributed by atoms with Crippen LogP contribution in [-0.4, -0.2) is 33.0 Å². The average molecular weight is 391 g/mol. The maximum Gasteiger partial charge on any atom is 0.129 e. The Labute approximate surface area is 167 Å².